The molecule has 0 radical (unpaired) electrons. The van der Waals surface area contributed by atoms with Gasteiger partial charge in [-0.15, -0.1) is 0 Å². The second-order valence-electron chi connectivity index (χ2n) is 6.15. The molecule has 2 unspecified atom stereocenters. The van der Waals surface area contributed by atoms with Crippen molar-refractivity contribution in [1.82, 2.24) is 9.80 Å². The van der Waals surface area contributed by atoms with E-state index in [2.05, 4.69) is 22.9 Å². The van der Waals surface area contributed by atoms with Crippen molar-refractivity contribution in [3.05, 3.63) is 0 Å². The van der Waals surface area contributed by atoms with Crippen molar-refractivity contribution >= 4 is 0 Å². The lowest BCUT2D eigenvalue weighted by Gasteiger charge is -2.48. The second kappa shape index (κ2) is 4.26. The van der Waals surface area contributed by atoms with Crippen LogP contribution in [0.25, 0.3) is 0 Å². The average Bonchev–Trinajstić information content (AvgIpc) is 2.63. The van der Waals surface area contributed by atoms with Gasteiger partial charge in [-0.1, -0.05) is 6.42 Å². The third-order valence-electron chi connectivity index (χ3n) is 5.30. The minimum atomic E-state index is -0.126. The van der Waals surface area contributed by atoms with E-state index in [0.29, 0.717) is 12.1 Å². The van der Waals surface area contributed by atoms with Gasteiger partial charge < -0.3 is 4.90 Å². The molecule has 2 bridgehead atoms. The summed E-state index contributed by atoms with van der Waals surface area (Å²) in [6.45, 7) is 2.30. The van der Waals surface area contributed by atoms with Crippen LogP contribution in [-0.4, -0.2) is 47.6 Å². The highest BCUT2D eigenvalue weighted by molar-refractivity contribution is 5.17. The van der Waals surface area contributed by atoms with Crippen LogP contribution in [0.2, 0.25) is 0 Å². The Morgan fingerprint density at radius 3 is 2.18 bits per heavy atom. The SMILES string of the molecule is CN1C2CCC1CC(C#N)(N1CCCCC1)C2. The maximum absolute atomic E-state index is 9.73. The fourth-order valence-corrected chi connectivity index (χ4v) is 4.19. The van der Waals surface area contributed by atoms with E-state index in [4.69, 9.17) is 0 Å². The van der Waals surface area contributed by atoms with Crippen LogP contribution in [0.15, 0.2) is 0 Å². The summed E-state index contributed by atoms with van der Waals surface area (Å²) in [5.74, 6) is 0. The monoisotopic (exact) mass is 233 g/mol. The number of nitriles is 1. The largest absolute Gasteiger partial charge is 0.300 e. The van der Waals surface area contributed by atoms with Gasteiger partial charge in [0, 0.05) is 12.1 Å². The Morgan fingerprint density at radius 2 is 1.65 bits per heavy atom. The summed E-state index contributed by atoms with van der Waals surface area (Å²) in [6, 6.07) is 4.03. The molecule has 0 N–H and O–H groups in total. The van der Waals surface area contributed by atoms with Crippen LogP contribution < -0.4 is 0 Å². The molecule has 94 valence electrons. The molecule has 0 aromatic rings. The fourth-order valence-electron chi connectivity index (χ4n) is 4.19. The van der Waals surface area contributed by atoms with Crippen molar-refractivity contribution in [2.24, 2.45) is 0 Å². The summed E-state index contributed by atoms with van der Waals surface area (Å²) in [6.07, 6.45) is 8.69. The van der Waals surface area contributed by atoms with Gasteiger partial charge in [0.05, 0.1) is 6.07 Å². The van der Waals surface area contributed by atoms with E-state index in [1.54, 1.807) is 0 Å². The van der Waals surface area contributed by atoms with E-state index in [1.165, 1.54) is 32.1 Å². The molecule has 3 rings (SSSR count). The molecular weight excluding hydrogens is 210 g/mol. The molecule has 3 nitrogen and oxygen atoms in total. The van der Waals surface area contributed by atoms with Gasteiger partial charge in [0.2, 0.25) is 0 Å². The third kappa shape index (κ3) is 1.78. The van der Waals surface area contributed by atoms with Gasteiger partial charge in [-0.2, -0.15) is 5.26 Å². The highest BCUT2D eigenvalue weighted by atomic mass is 15.3. The maximum atomic E-state index is 9.73. The quantitative estimate of drug-likeness (QED) is 0.694. The van der Waals surface area contributed by atoms with E-state index in [9.17, 15) is 5.26 Å². The van der Waals surface area contributed by atoms with Crippen LogP contribution in [0.3, 0.4) is 0 Å². The number of rotatable bonds is 1. The standard InChI is InChI=1S/C14H23N3/c1-16-12-5-6-13(16)10-14(9-12,11-15)17-7-3-2-4-8-17/h12-13H,2-10H2,1H3. The van der Waals surface area contributed by atoms with Crippen molar-refractivity contribution < 1.29 is 0 Å². The molecule has 0 amide bonds. The first-order valence-corrected chi connectivity index (χ1v) is 7.13. The zero-order valence-electron chi connectivity index (χ0n) is 10.9. The van der Waals surface area contributed by atoms with E-state index in [0.717, 1.165) is 25.9 Å². The molecule has 3 heterocycles. The Hall–Kier alpha value is -0.590. The van der Waals surface area contributed by atoms with Gasteiger partial charge in [0.1, 0.15) is 5.54 Å². The lowest BCUT2D eigenvalue weighted by molar-refractivity contribution is 0.0210. The van der Waals surface area contributed by atoms with Crippen LogP contribution in [0, 0.1) is 11.3 Å². The second-order valence-corrected chi connectivity index (χ2v) is 6.15. The summed E-state index contributed by atoms with van der Waals surface area (Å²) < 4.78 is 0. The molecule has 3 aliphatic heterocycles. The average molecular weight is 233 g/mol. The smallest absolute Gasteiger partial charge is 0.112 e. The van der Waals surface area contributed by atoms with Crippen molar-refractivity contribution in [2.75, 3.05) is 20.1 Å². The molecule has 0 aromatic heterocycles. The Balaban J connectivity index is 1.81. The van der Waals surface area contributed by atoms with Gasteiger partial charge in [0.15, 0.2) is 0 Å². The summed E-state index contributed by atoms with van der Waals surface area (Å²) >= 11 is 0. The first-order chi connectivity index (χ1) is 8.25. The lowest BCUT2D eigenvalue weighted by Crippen LogP contribution is -2.58. The first kappa shape index (κ1) is 11.5. The molecule has 0 aromatic carbocycles. The zero-order valence-corrected chi connectivity index (χ0v) is 10.9. The summed E-state index contributed by atoms with van der Waals surface area (Å²) in [5.41, 5.74) is -0.126. The number of nitrogens with zero attached hydrogens (tertiary/aromatic N) is 3. The van der Waals surface area contributed by atoms with Crippen molar-refractivity contribution in [3.63, 3.8) is 0 Å². The van der Waals surface area contributed by atoms with Crippen molar-refractivity contribution in [3.8, 4) is 6.07 Å². The van der Waals surface area contributed by atoms with Crippen LogP contribution in [-0.2, 0) is 0 Å². The number of hydrogen-bond donors (Lipinski definition) is 0. The topological polar surface area (TPSA) is 30.3 Å². The van der Waals surface area contributed by atoms with E-state index < -0.39 is 0 Å². The van der Waals surface area contributed by atoms with Crippen LogP contribution >= 0.6 is 0 Å². The first-order valence-electron chi connectivity index (χ1n) is 7.13. The van der Waals surface area contributed by atoms with Gasteiger partial charge in [0.25, 0.3) is 0 Å². The molecule has 3 fully saturated rings. The predicted molar refractivity (Wildman–Crippen MR) is 67.6 cm³/mol. The Labute approximate surface area is 104 Å². The number of likely N-dealkylation sites (tertiary alicyclic amines) is 1. The van der Waals surface area contributed by atoms with Crippen LogP contribution in [0.4, 0.5) is 0 Å². The Bertz CT molecular complexity index is 313. The predicted octanol–water partition coefficient (Wildman–Crippen LogP) is 1.99. The molecule has 0 saturated carbocycles. The fraction of sp³-hybridized carbons (Fsp3) is 0.929. The molecule has 0 aliphatic carbocycles. The highest BCUT2D eigenvalue weighted by Crippen LogP contribution is 2.43. The zero-order chi connectivity index (χ0) is 11.9. The molecule has 3 aliphatic rings. The Morgan fingerprint density at radius 1 is 1.06 bits per heavy atom. The maximum Gasteiger partial charge on any atom is 0.112 e. The minimum Gasteiger partial charge on any atom is -0.300 e. The van der Waals surface area contributed by atoms with Crippen molar-refractivity contribution in [1.29, 1.82) is 5.26 Å². The van der Waals surface area contributed by atoms with Crippen LogP contribution in [0.1, 0.15) is 44.9 Å². The lowest BCUT2D eigenvalue weighted by atomic mass is 9.81. The van der Waals surface area contributed by atoms with Gasteiger partial charge in [-0.3, -0.25) is 4.90 Å². The van der Waals surface area contributed by atoms with Crippen LogP contribution in [0.5, 0.6) is 0 Å². The van der Waals surface area contributed by atoms with Gasteiger partial charge in [-0.05, 0) is 58.7 Å². The highest BCUT2D eigenvalue weighted by Gasteiger charge is 2.50. The molecule has 0 spiro atoms. The summed E-state index contributed by atoms with van der Waals surface area (Å²) in [4.78, 5) is 5.04. The summed E-state index contributed by atoms with van der Waals surface area (Å²) in [5, 5.41) is 9.73. The van der Waals surface area contributed by atoms with Crippen molar-refractivity contribution in [2.45, 2.75) is 62.6 Å². The minimum absolute atomic E-state index is 0.126. The molecule has 17 heavy (non-hydrogen) atoms. The summed E-state index contributed by atoms with van der Waals surface area (Å²) in [7, 11) is 2.25. The Kier molecular flexibility index (Phi) is 2.88. The van der Waals surface area contributed by atoms with Gasteiger partial charge >= 0.3 is 0 Å². The third-order valence-corrected chi connectivity index (χ3v) is 5.30. The van der Waals surface area contributed by atoms with Gasteiger partial charge in [-0.25, -0.2) is 0 Å². The molecule has 2 atom stereocenters. The number of hydrogen-bond acceptors (Lipinski definition) is 3. The van der Waals surface area contributed by atoms with E-state index >= 15 is 0 Å². The number of piperidine rings is 2. The van der Waals surface area contributed by atoms with E-state index in [-0.39, 0.29) is 5.54 Å². The molecular formula is C14H23N3. The van der Waals surface area contributed by atoms with E-state index in [1.807, 2.05) is 0 Å². The molecule has 3 heteroatoms. The molecule has 3 saturated heterocycles. The normalized spacial score (nSPS) is 43.5. The number of fused-ring (bicyclic) bond motifs is 2.